The van der Waals surface area contributed by atoms with E-state index in [1.54, 1.807) is 13.2 Å². The Balaban J connectivity index is 1.29. The summed E-state index contributed by atoms with van der Waals surface area (Å²) in [6.07, 6.45) is 0. The molecule has 6 nitrogen and oxygen atoms in total. The van der Waals surface area contributed by atoms with Crippen molar-refractivity contribution in [2.45, 2.75) is 13.5 Å². The Kier molecular flexibility index (Phi) is 5.86. The summed E-state index contributed by atoms with van der Waals surface area (Å²) in [5, 5.41) is 5.68. The SMILES string of the molecule is COc1ccc(F)cc1CN1CCN(C(=O)c2cc3c(C)nn(-c4ccccc4)c3s2)CC1. The van der Waals surface area contributed by atoms with Gasteiger partial charge < -0.3 is 9.64 Å². The predicted octanol–water partition coefficient (Wildman–Crippen LogP) is 4.50. The lowest BCUT2D eigenvalue weighted by Crippen LogP contribution is -2.48. The quantitative estimate of drug-likeness (QED) is 0.436. The average molecular weight is 465 g/mol. The summed E-state index contributed by atoms with van der Waals surface area (Å²) >= 11 is 1.49. The van der Waals surface area contributed by atoms with Crippen LogP contribution in [-0.4, -0.2) is 58.8 Å². The minimum Gasteiger partial charge on any atom is -0.496 e. The summed E-state index contributed by atoms with van der Waals surface area (Å²) in [7, 11) is 1.59. The molecule has 2 aromatic carbocycles. The van der Waals surface area contributed by atoms with E-state index in [4.69, 9.17) is 4.74 Å². The van der Waals surface area contributed by atoms with Crippen LogP contribution >= 0.6 is 11.3 Å². The van der Waals surface area contributed by atoms with Crippen LogP contribution in [0.25, 0.3) is 15.9 Å². The van der Waals surface area contributed by atoms with Crippen LogP contribution < -0.4 is 4.74 Å². The third-order valence-corrected chi connectivity index (χ3v) is 7.15. The molecule has 8 heteroatoms. The van der Waals surface area contributed by atoms with Gasteiger partial charge in [0.15, 0.2) is 0 Å². The molecule has 1 fully saturated rings. The third kappa shape index (κ3) is 4.24. The number of carbonyl (C=O) groups is 1. The van der Waals surface area contributed by atoms with Gasteiger partial charge in [0, 0.05) is 43.7 Å². The highest BCUT2D eigenvalue weighted by Crippen LogP contribution is 2.31. The summed E-state index contributed by atoms with van der Waals surface area (Å²) in [6.45, 7) is 5.30. The number of carbonyl (C=O) groups excluding carboxylic acids is 1. The maximum atomic E-state index is 13.7. The maximum absolute atomic E-state index is 13.7. The van der Waals surface area contributed by atoms with E-state index in [1.165, 1.54) is 23.5 Å². The molecule has 1 saturated heterocycles. The van der Waals surface area contributed by atoms with Crippen LogP contribution in [0.3, 0.4) is 0 Å². The maximum Gasteiger partial charge on any atom is 0.264 e. The van der Waals surface area contributed by atoms with Crippen molar-refractivity contribution in [3.8, 4) is 11.4 Å². The number of aryl methyl sites for hydroxylation is 1. The van der Waals surface area contributed by atoms with Crippen molar-refractivity contribution in [1.29, 1.82) is 0 Å². The van der Waals surface area contributed by atoms with Crippen LogP contribution in [-0.2, 0) is 6.54 Å². The molecule has 33 heavy (non-hydrogen) atoms. The van der Waals surface area contributed by atoms with E-state index in [0.29, 0.717) is 25.4 Å². The second-order valence-corrected chi connectivity index (χ2v) is 9.22. The van der Waals surface area contributed by atoms with Gasteiger partial charge >= 0.3 is 0 Å². The smallest absolute Gasteiger partial charge is 0.264 e. The Morgan fingerprint density at radius 3 is 2.58 bits per heavy atom. The van der Waals surface area contributed by atoms with Crippen molar-refractivity contribution in [3.63, 3.8) is 0 Å². The van der Waals surface area contributed by atoms with Gasteiger partial charge in [-0.1, -0.05) is 18.2 Å². The highest BCUT2D eigenvalue weighted by Gasteiger charge is 2.25. The highest BCUT2D eigenvalue weighted by molar-refractivity contribution is 7.20. The Morgan fingerprint density at radius 2 is 1.85 bits per heavy atom. The number of methoxy groups -OCH3 is 1. The molecular weight excluding hydrogens is 439 g/mol. The Hall–Kier alpha value is -3.23. The molecule has 3 heterocycles. The van der Waals surface area contributed by atoms with Gasteiger partial charge in [0.2, 0.25) is 0 Å². The number of piperazine rings is 1. The van der Waals surface area contributed by atoms with Crippen molar-refractivity contribution >= 4 is 27.5 Å². The first kappa shape index (κ1) is 21.6. The number of hydrogen-bond acceptors (Lipinski definition) is 5. The number of amides is 1. The number of para-hydroxylation sites is 1. The van der Waals surface area contributed by atoms with E-state index in [1.807, 2.05) is 52.9 Å². The Bertz CT molecular complexity index is 1290. The lowest BCUT2D eigenvalue weighted by Gasteiger charge is -2.34. The number of ether oxygens (including phenoxy) is 1. The van der Waals surface area contributed by atoms with Gasteiger partial charge in [0.25, 0.3) is 5.91 Å². The summed E-state index contributed by atoms with van der Waals surface area (Å²) in [5.41, 5.74) is 2.72. The van der Waals surface area contributed by atoms with Crippen LogP contribution in [0.1, 0.15) is 20.9 Å². The van der Waals surface area contributed by atoms with Crippen LogP contribution in [0.2, 0.25) is 0 Å². The van der Waals surface area contributed by atoms with E-state index in [0.717, 1.165) is 45.1 Å². The molecule has 5 rings (SSSR count). The van der Waals surface area contributed by atoms with Crippen molar-refractivity contribution in [2.24, 2.45) is 0 Å². The fraction of sp³-hybridized carbons (Fsp3) is 0.280. The van der Waals surface area contributed by atoms with Gasteiger partial charge in [-0.05, 0) is 43.3 Å². The Morgan fingerprint density at radius 1 is 1.09 bits per heavy atom. The molecule has 0 unspecified atom stereocenters. The lowest BCUT2D eigenvalue weighted by molar-refractivity contribution is 0.0632. The molecule has 4 aromatic rings. The van der Waals surface area contributed by atoms with E-state index in [2.05, 4.69) is 10.00 Å². The minimum absolute atomic E-state index is 0.0539. The third-order valence-electron chi connectivity index (χ3n) is 6.05. The molecule has 0 spiro atoms. The van der Waals surface area contributed by atoms with Gasteiger partial charge in [0.05, 0.1) is 23.4 Å². The number of aromatic nitrogens is 2. The van der Waals surface area contributed by atoms with Crippen LogP contribution in [0.15, 0.2) is 54.6 Å². The predicted molar refractivity (Wildman–Crippen MR) is 128 cm³/mol. The molecule has 0 N–H and O–H groups in total. The highest BCUT2D eigenvalue weighted by atomic mass is 32.1. The number of halogens is 1. The first-order chi connectivity index (χ1) is 16.0. The van der Waals surface area contributed by atoms with E-state index >= 15 is 0 Å². The molecule has 0 atom stereocenters. The summed E-state index contributed by atoms with van der Waals surface area (Å²) in [5.74, 6) is 0.468. The summed E-state index contributed by atoms with van der Waals surface area (Å²) in [4.78, 5) is 19.1. The van der Waals surface area contributed by atoms with E-state index in [9.17, 15) is 9.18 Å². The largest absolute Gasteiger partial charge is 0.496 e. The molecule has 2 aromatic heterocycles. The minimum atomic E-state index is -0.270. The van der Waals surface area contributed by atoms with Crippen molar-refractivity contribution < 1.29 is 13.9 Å². The monoisotopic (exact) mass is 464 g/mol. The van der Waals surface area contributed by atoms with Crippen molar-refractivity contribution in [2.75, 3.05) is 33.3 Å². The first-order valence-corrected chi connectivity index (χ1v) is 11.7. The Labute approximate surface area is 195 Å². The van der Waals surface area contributed by atoms with Crippen LogP contribution in [0, 0.1) is 12.7 Å². The second kappa shape index (κ2) is 8.96. The standard InChI is InChI=1S/C25H25FN4O2S/c1-17-21-15-23(33-25(21)30(27-17)20-6-4-3-5-7-20)24(31)29-12-10-28(11-13-29)16-18-14-19(26)8-9-22(18)32-2/h3-9,14-15H,10-13,16H2,1-2H3. The fourth-order valence-electron chi connectivity index (χ4n) is 4.27. The van der Waals surface area contributed by atoms with Gasteiger partial charge in [0.1, 0.15) is 16.4 Å². The normalized spacial score (nSPS) is 14.7. The van der Waals surface area contributed by atoms with E-state index < -0.39 is 0 Å². The molecule has 1 amide bonds. The first-order valence-electron chi connectivity index (χ1n) is 10.9. The molecule has 170 valence electrons. The molecule has 0 bridgehead atoms. The summed E-state index contributed by atoms with van der Waals surface area (Å²) < 4.78 is 21.0. The van der Waals surface area contributed by atoms with Crippen molar-refractivity contribution in [1.82, 2.24) is 19.6 Å². The molecule has 0 radical (unpaired) electrons. The topological polar surface area (TPSA) is 50.6 Å². The van der Waals surface area contributed by atoms with E-state index in [-0.39, 0.29) is 11.7 Å². The van der Waals surface area contributed by atoms with Crippen LogP contribution in [0.4, 0.5) is 4.39 Å². The average Bonchev–Trinajstić information content (AvgIpc) is 3.40. The number of nitrogens with zero attached hydrogens (tertiary/aromatic N) is 4. The fourth-order valence-corrected chi connectivity index (χ4v) is 5.42. The number of fused-ring (bicyclic) bond motifs is 1. The number of hydrogen-bond donors (Lipinski definition) is 0. The molecule has 0 aliphatic carbocycles. The van der Waals surface area contributed by atoms with Gasteiger partial charge in [-0.25, -0.2) is 9.07 Å². The van der Waals surface area contributed by atoms with Gasteiger partial charge in [-0.2, -0.15) is 5.10 Å². The second-order valence-electron chi connectivity index (χ2n) is 8.19. The number of rotatable bonds is 5. The van der Waals surface area contributed by atoms with Gasteiger partial charge in [-0.3, -0.25) is 9.69 Å². The lowest BCUT2D eigenvalue weighted by atomic mass is 10.1. The molecule has 0 saturated carbocycles. The zero-order chi connectivity index (χ0) is 22.9. The van der Waals surface area contributed by atoms with Crippen molar-refractivity contribution in [3.05, 3.63) is 76.5 Å². The van der Waals surface area contributed by atoms with Crippen LogP contribution in [0.5, 0.6) is 5.75 Å². The molecular formula is C25H25FN4O2S. The number of thiophene rings is 1. The molecule has 1 aliphatic rings. The zero-order valence-electron chi connectivity index (χ0n) is 18.6. The summed E-state index contributed by atoms with van der Waals surface area (Å²) in [6, 6.07) is 16.5. The van der Waals surface area contributed by atoms with Gasteiger partial charge in [-0.15, -0.1) is 11.3 Å². The number of benzene rings is 2. The zero-order valence-corrected chi connectivity index (χ0v) is 19.4. The molecule has 1 aliphatic heterocycles.